The van der Waals surface area contributed by atoms with Crippen LogP contribution >= 0.6 is 0 Å². The molecule has 1 aromatic rings. The van der Waals surface area contributed by atoms with Crippen molar-refractivity contribution in [3.05, 3.63) is 17.8 Å². The average molecular weight is 259 g/mol. The lowest BCUT2D eigenvalue weighted by molar-refractivity contribution is 0.0698. The Hall–Kier alpha value is -1.83. The SMILES string of the molecule is CS(=O)(=O)CCNc1cc(C(=O)O)c(N)cn1. The topological polar surface area (TPSA) is 122 Å². The number of carbonyl (C=O) groups is 1. The zero-order valence-corrected chi connectivity index (χ0v) is 9.99. The van der Waals surface area contributed by atoms with E-state index in [4.69, 9.17) is 10.8 Å². The summed E-state index contributed by atoms with van der Waals surface area (Å²) in [5, 5.41) is 11.5. The molecule has 1 rings (SSSR count). The number of carboxylic acid groups (broad SMARTS) is 1. The molecule has 0 saturated carbocycles. The van der Waals surface area contributed by atoms with E-state index < -0.39 is 15.8 Å². The van der Waals surface area contributed by atoms with Gasteiger partial charge >= 0.3 is 5.97 Å². The van der Waals surface area contributed by atoms with Gasteiger partial charge in [0.15, 0.2) is 0 Å². The number of pyridine rings is 1. The summed E-state index contributed by atoms with van der Waals surface area (Å²) in [6, 6.07) is 1.26. The highest BCUT2D eigenvalue weighted by atomic mass is 32.2. The van der Waals surface area contributed by atoms with Crippen molar-refractivity contribution in [2.45, 2.75) is 0 Å². The highest BCUT2D eigenvalue weighted by Crippen LogP contribution is 2.14. The van der Waals surface area contributed by atoms with E-state index in [2.05, 4.69) is 10.3 Å². The summed E-state index contributed by atoms with van der Waals surface area (Å²) in [6.45, 7) is 0.162. The normalized spacial score (nSPS) is 11.1. The molecule has 0 bridgehead atoms. The monoisotopic (exact) mass is 259 g/mol. The summed E-state index contributed by atoms with van der Waals surface area (Å²) in [6.07, 6.45) is 2.33. The molecule has 0 atom stereocenters. The third-order valence-electron chi connectivity index (χ3n) is 1.94. The number of hydrogen-bond donors (Lipinski definition) is 3. The van der Waals surface area contributed by atoms with Gasteiger partial charge < -0.3 is 16.2 Å². The van der Waals surface area contributed by atoms with E-state index in [-0.39, 0.29) is 29.4 Å². The second kappa shape index (κ2) is 5.00. The lowest BCUT2D eigenvalue weighted by Gasteiger charge is -2.06. The molecule has 1 heterocycles. The van der Waals surface area contributed by atoms with Crippen LogP contribution in [0.2, 0.25) is 0 Å². The van der Waals surface area contributed by atoms with Crippen molar-refractivity contribution >= 4 is 27.3 Å². The minimum absolute atomic E-state index is 0.0541. The summed E-state index contributed by atoms with van der Waals surface area (Å²) in [5.74, 6) is -0.933. The number of rotatable bonds is 5. The van der Waals surface area contributed by atoms with Gasteiger partial charge in [-0.15, -0.1) is 0 Å². The third-order valence-corrected chi connectivity index (χ3v) is 2.89. The highest BCUT2D eigenvalue weighted by Gasteiger charge is 2.09. The largest absolute Gasteiger partial charge is 0.478 e. The first kappa shape index (κ1) is 13.2. The molecule has 0 aliphatic rings. The van der Waals surface area contributed by atoms with Gasteiger partial charge in [0.1, 0.15) is 15.7 Å². The molecular weight excluding hydrogens is 246 g/mol. The van der Waals surface area contributed by atoms with Crippen LogP contribution in [0.25, 0.3) is 0 Å². The van der Waals surface area contributed by atoms with E-state index in [1.54, 1.807) is 0 Å². The third kappa shape index (κ3) is 4.27. The number of nitrogens with zero attached hydrogens (tertiary/aromatic N) is 1. The number of aromatic nitrogens is 1. The Kier molecular flexibility index (Phi) is 3.89. The minimum atomic E-state index is -3.06. The lowest BCUT2D eigenvalue weighted by atomic mass is 10.2. The molecule has 0 radical (unpaired) electrons. The Labute approximate surface area is 98.6 Å². The second-order valence-corrected chi connectivity index (χ2v) is 5.78. The maximum atomic E-state index is 10.9. The molecule has 0 amide bonds. The Balaban J connectivity index is 2.73. The summed E-state index contributed by atoms with van der Waals surface area (Å²) in [7, 11) is -3.06. The van der Waals surface area contributed by atoms with Crippen LogP contribution in [-0.4, -0.2) is 43.0 Å². The van der Waals surface area contributed by atoms with Gasteiger partial charge in [-0.3, -0.25) is 0 Å². The van der Waals surface area contributed by atoms with Crippen LogP contribution in [-0.2, 0) is 9.84 Å². The van der Waals surface area contributed by atoms with Crippen molar-refractivity contribution in [1.29, 1.82) is 0 Å². The summed E-state index contributed by atoms with van der Waals surface area (Å²) >= 11 is 0. The molecule has 0 saturated heterocycles. The number of carboxylic acids is 1. The second-order valence-electron chi connectivity index (χ2n) is 3.52. The molecule has 0 aromatic carbocycles. The van der Waals surface area contributed by atoms with E-state index in [0.29, 0.717) is 0 Å². The Morgan fingerprint density at radius 2 is 2.24 bits per heavy atom. The number of nitrogen functional groups attached to an aromatic ring is 1. The van der Waals surface area contributed by atoms with Gasteiger partial charge in [-0.25, -0.2) is 18.2 Å². The lowest BCUT2D eigenvalue weighted by Crippen LogP contribution is -2.15. The molecule has 1 aromatic heterocycles. The molecule has 4 N–H and O–H groups in total. The van der Waals surface area contributed by atoms with Crippen LogP contribution in [0.15, 0.2) is 12.3 Å². The molecule has 8 heteroatoms. The maximum absolute atomic E-state index is 10.9. The summed E-state index contributed by atoms with van der Waals surface area (Å²) in [5.41, 5.74) is 5.41. The van der Waals surface area contributed by atoms with Crippen LogP contribution < -0.4 is 11.1 Å². The van der Waals surface area contributed by atoms with Crippen molar-refractivity contribution in [2.24, 2.45) is 0 Å². The van der Waals surface area contributed by atoms with Gasteiger partial charge in [0.25, 0.3) is 0 Å². The van der Waals surface area contributed by atoms with Gasteiger partial charge in [-0.2, -0.15) is 0 Å². The quantitative estimate of drug-likeness (QED) is 0.670. The molecule has 0 aliphatic carbocycles. The standard InChI is InChI=1S/C9H13N3O4S/c1-17(15,16)3-2-11-8-4-6(9(13)14)7(10)5-12-8/h4-5H,2-3,10H2,1H3,(H,11,12)(H,13,14). The average Bonchev–Trinajstić information content (AvgIpc) is 2.18. The zero-order chi connectivity index (χ0) is 13.1. The minimum Gasteiger partial charge on any atom is -0.478 e. The van der Waals surface area contributed by atoms with Crippen LogP contribution in [0, 0.1) is 0 Å². The van der Waals surface area contributed by atoms with E-state index >= 15 is 0 Å². The highest BCUT2D eigenvalue weighted by molar-refractivity contribution is 7.90. The van der Waals surface area contributed by atoms with E-state index in [1.807, 2.05) is 0 Å². The maximum Gasteiger partial charge on any atom is 0.337 e. The van der Waals surface area contributed by atoms with E-state index in [1.165, 1.54) is 12.3 Å². The smallest absolute Gasteiger partial charge is 0.337 e. The zero-order valence-electron chi connectivity index (χ0n) is 9.17. The summed E-state index contributed by atoms with van der Waals surface area (Å²) in [4.78, 5) is 14.6. The van der Waals surface area contributed by atoms with Gasteiger partial charge in [0.05, 0.1) is 23.2 Å². The van der Waals surface area contributed by atoms with Crippen LogP contribution in [0.3, 0.4) is 0 Å². The van der Waals surface area contributed by atoms with Crippen molar-refractivity contribution in [3.8, 4) is 0 Å². The molecule has 7 nitrogen and oxygen atoms in total. The van der Waals surface area contributed by atoms with Crippen molar-refractivity contribution in [3.63, 3.8) is 0 Å². The fourth-order valence-electron chi connectivity index (χ4n) is 1.11. The molecule has 17 heavy (non-hydrogen) atoms. The molecule has 0 aliphatic heterocycles. The molecule has 0 unspecified atom stereocenters. The number of aromatic carboxylic acids is 1. The predicted molar refractivity (Wildman–Crippen MR) is 63.8 cm³/mol. The van der Waals surface area contributed by atoms with Gasteiger partial charge in [-0.1, -0.05) is 0 Å². The fourth-order valence-corrected chi connectivity index (χ4v) is 1.59. The van der Waals surface area contributed by atoms with Gasteiger partial charge in [-0.05, 0) is 6.07 Å². The van der Waals surface area contributed by atoms with Crippen molar-refractivity contribution in [1.82, 2.24) is 4.98 Å². The fraction of sp³-hybridized carbons (Fsp3) is 0.333. The van der Waals surface area contributed by atoms with Gasteiger partial charge in [0, 0.05) is 12.8 Å². The van der Waals surface area contributed by atoms with Crippen LogP contribution in [0.1, 0.15) is 10.4 Å². The summed E-state index contributed by atoms with van der Waals surface area (Å²) < 4.78 is 21.8. The number of sulfone groups is 1. The molecular formula is C9H13N3O4S. The first-order valence-electron chi connectivity index (χ1n) is 4.70. The Bertz CT molecular complexity index is 527. The molecule has 94 valence electrons. The van der Waals surface area contributed by atoms with E-state index in [9.17, 15) is 13.2 Å². The van der Waals surface area contributed by atoms with Crippen molar-refractivity contribution < 1.29 is 18.3 Å². The van der Waals surface area contributed by atoms with Crippen LogP contribution in [0.4, 0.5) is 11.5 Å². The van der Waals surface area contributed by atoms with E-state index in [0.717, 1.165) is 6.26 Å². The molecule has 0 spiro atoms. The number of hydrogen-bond acceptors (Lipinski definition) is 6. The first-order valence-corrected chi connectivity index (χ1v) is 6.76. The molecule has 0 fully saturated rings. The number of nitrogens with two attached hydrogens (primary N) is 1. The van der Waals surface area contributed by atoms with Crippen molar-refractivity contribution in [2.75, 3.05) is 29.6 Å². The van der Waals surface area contributed by atoms with Gasteiger partial charge in [0.2, 0.25) is 0 Å². The Morgan fingerprint density at radius 1 is 1.59 bits per heavy atom. The number of nitrogens with one attached hydrogen (secondary N) is 1. The predicted octanol–water partition coefficient (Wildman–Crippen LogP) is -0.181. The van der Waals surface area contributed by atoms with Crippen LogP contribution in [0.5, 0.6) is 0 Å². The first-order chi connectivity index (χ1) is 7.79. The Morgan fingerprint density at radius 3 is 2.76 bits per heavy atom. The number of anilines is 2.